The molecule has 0 saturated heterocycles. The van der Waals surface area contributed by atoms with Crippen LogP contribution in [0.25, 0.3) is 0 Å². The number of carbonyl (C=O) groups excluding carboxylic acids is 2. The number of carboxylic acid groups (broad SMARTS) is 1. The molecule has 19 heavy (non-hydrogen) atoms. The molecule has 0 aromatic carbocycles. The van der Waals surface area contributed by atoms with Gasteiger partial charge in [-0.25, -0.2) is 9.59 Å². The summed E-state index contributed by atoms with van der Waals surface area (Å²) in [7, 11) is 3.26. The largest absolute Gasteiger partial charge is 0.480 e. The van der Waals surface area contributed by atoms with Gasteiger partial charge in [-0.05, 0) is 12.3 Å². The molecule has 0 fully saturated rings. The number of carboxylic acids is 1. The number of nitrogens with zero attached hydrogens (tertiary/aromatic N) is 1. The average Bonchev–Trinajstić information content (AvgIpc) is 2.26. The lowest BCUT2D eigenvalue weighted by Crippen LogP contribution is -2.47. The number of aliphatic carboxylic acids is 1. The second kappa shape index (κ2) is 8.34. The van der Waals surface area contributed by atoms with Gasteiger partial charge in [-0.2, -0.15) is 0 Å². The summed E-state index contributed by atoms with van der Waals surface area (Å²) in [4.78, 5) is 35.1. The standard InChI is InChI=1S/C12H23N3O4/c1-8(2)7-9(11(17)18)14-12(19)13-6-5-10(16)15(3)4/h8-9H,5-7H2,1-4H3,(H,17,18)(H2,13,14,19). The van der Waals surface area contributed by atoms with Gasteiger partial charge in [-0.3, -0.25) is 4.79 Å². The summed E-state index contributed by atoms with van der Waals surface area (Å²) in [5.41, 5.74) is 0. The SMILES string of the molecule is CC(C)CC(NC(=O)NCCC(=O)N(C)C)C(=O)O. The quantitative estimate of drug-likeness (QED) is 0.619. The van der Waals surface area contributed by atoms with Gasteiger partial charge in [0.25, 0.3) is 0 Å². The topological polar surface area (TPSA) is 98.7 Å². The molecule has 7 heteroatoms. The highest BCUT2D eigenvalue weighted by Gasteiger charge is 2.20. The molecule has 0 aliphatic heterocycles. The van der Waals surface area contributed by atoms with Gasteiger partial charge < -0.3 is 20.6 Å². The van der Waals surface area contributed by atoms with Crippen molar-refractivity contribution < 1.29 is 19.5 Å². The first kappa shape index (κ1) is 17.2. The van der Waals surface area contributed by atoms with Crippen LogP contribution in [0.4, 0.5) is 4.79 Å². The first-order valence-electron chi connectivity index (χ1n) is 6.21. The lowest BCUT2D eigenvalue weighted by Gasteiger charge is -2.17. The van der Waals surface area contributed by atoms with Gasteiger partial charge in [0, 0.05) is 27.1 Å². The molecule has 0 aromatic rings. The molecule has 0 bridgehead atoms. The Hall–Kier alpha value is -1.79. The highest BCUT2D eigenvalue weighted by atomic mass is 16.4. The van der Waals surface area contributed by atoms with Gasteiger partial charge in [0.2, 0.25) is 5.91 Å². The van der Waals surface area contributed by atoms with E-state index in [9.17, 15) is 14.4 Å². The van der Waals surface area contributed by atoms with E-state index < -0.39 is 18.0 Å². The predicted octanol–water partition coefficient (Wildman–Crippen LogP) is 0.263. The zero-order chi connectivity index (χ0) is 15.0. The maximum atomic E-state index is 11.5. The van der Waals surface area contributed by atoms with E-state index in [1.807, 2.05) is 13.8 Å². The molecule has 0 aliphatic rings. The fourth-order valence-corrected chi connectivity index (χ4v) is 1.41. The Morgan fingerprint density at radius 2 is 1.79 bits per heavy atom. The molecule has 7 nitrogen and oxygen atoms in total. The van der Waals surface area contributed by atoms with E-state index in [1.165, 1.54) is 4.90 Å². The third-order valence-corrected chi connectivity index (χ3v) is 2.43. The first-order valence-corrected chi connectivity index (χ1v) is 6.21. The molecule has 1 unspecified atom stereocenters. The number of amides is 3. The van der Waals surface area contributed by atoms with Crippen LogP contribution in [0.5, 0.6) is 0 Å². The van der Waals surface area contributed by atoms with E-state index in [2.05, 4.69) is 10.6 Å². The van der Waals surface area contributed by atoms with Gasteiger partial charge in [-0.15, -0.1) is 0 Å². The maximum Gasteiger partial charge on any atom is 0.326 e. The van der Waals surface area contributed by atoms with Gasteiger partial charge in [0.15, 0.2) is 0 Å². The molecule has 0 rings (SSSR count). The van der Waals surface area contributed by atoms with Crippen molar-refractivity contribution in [1.29, 1.82) is 0 Å². The van der Waals surface area contributed by atoms with E-state index >= 15 is 0 Å². The Bertz CT molecular complexity index is 329. The number of nitrogens with one attached hydrogen (secondary N) is 2. The van der Waals surface area contributed by atoms with Crippen molar-refractivity contribution in [2.75, 3.05) is 20.6 Å². The van der Waals surface area contributed by atoms with Crippen molar-refractivity contribution >= 4 is 17.9 Å². The fraction of sp³-hybridized carbons (Fsp3) is 0.750. The molecule has 0 heterocycles. The van der Waals surface area contributed by atoms with Gasteiger partial charge >= 0.3 is 12.0 Å². The Morgan fingerprint density at radius 1 is 1.21 bits per heavy atom. The lowest BCUT2D eigenvalue weighted by molar-refractivity contribution is -0.139. The van der Waals surface area contributed by atoms with E-state index in [0.29, 0.717) is 6.42 Å². The van der Waals surface area contributed by atoms with Crippen LogP contribution in [0.15, 0.2) is 0 Å². The predicted molar refractivity (Wildman–Crippen MR) is 70.7 cm³/mol. The minimum absolute atomic E-state index is 0.0998. The Balaban J connectivity index is 4.07. The van der Waals surface area contributed by atoms with Crippen LogP contribution in [0, 0.1) is 5.92 Å². The number of rotatable bonds is 7. The van der Waals surface area contributed by atoms with Crippen molar-refractivity contribution in [3.8, 4) is 0 Å². The molecule has 0 aromatic heterocycles. The minimum Gasteiger partial charge on any atom is -0.480 e. The van der Waals surface area contributed by atoms with Gasteiger partial charge in [0.1, 0.15) is 6.04 Å². The fourth-order valence-electron chi connectivity index (χ4n) is 1.41. The van der Waals surface area contributed by atoms with Crippen LogP contribution in [0.2, 0.25) is 0 Å². The monoisotopic (exact) mass is 273 g/mol. The van der Waals surface area contributed by atoms with Crippen molar-refractivity contribution in [2.24, 2.45) is 5.92 Å². The minimum atomic E-state index is -1.06. The smallest absolute Gasteiger partial charge is 0.326 e. The zero-order valence-electron chi connectivity index (χ0n) is 11.9. The van der Waals surface area contributed by atoms with Crippen LogP contribution in [0.3, 0.4) is 0 Å². The van der Waals surface area contributed by atoms with Gasteiger partial charge in [0.05, 0.1) is 0 Å². The Morgan fingerprint density at radius 3 is 2.21 bits per heavy atom. The Kier molecular flexibility index (Phi) is 7.55. The van der Waals surface area contributed by atoms with E-state index in [-0.39, 0.29) is 24.8 Å². The molecule has 0 radical (unpaired) electrons. The summed E-state index contributed by atoms with van der Waals surface area (Å²) in [5, 5.41) is 13.8. The van der Waals surface area contributed by atoms with Crippen LogP contribution in [-0.2, 0) is 9.59 Å². The molecule has 3 amide bonds. The molecule has 0 saturated carbocycles. The highest BCUT2D eigenvalue weighted by molar-refractivity contribution is 5.83. The average molecular weight is 273 g/mol. The van der Waals surface area contributed by atoms with Crippen LogP contribution in [0.1, 0.15) is 26.7 Å². The van der Waals surface area contributed by atoms with Crippen LogP contribution < -0.4 is 10.6 Å². The van der Waals surface area contributed by atoms with Crippen molar-refractivity contribution in [2.45, 2.75) is 32.7 Å². The third-order valence-electron chi connectivity index (χ3n) is 2.43. The van der Waals surface area contributed by atoms with Gasteiger partial charge in [-0.1, -0.05) is 13.8 Å². The van der Waals surface area contributed by atoms with E-state index in [4.69, 9.17) is 5.11 Å². The summed E-state index contributed by atoms with van der Waals surface area (Å²) in [6.45, 7) is 3.94. The summed E-state index contributed by atoms with van der Waals surface area (Å²) in [5.74, 6) is -0.998. The first-order chi connectivity index (χ1) is 8.73. The number of hydrogen-bond donors (Lipinski definition) is 3. The lowest BCUT2D eigenvalue weighted by atomic mass is 10.0. The van der Waals surface area contributed by atoms with Crippen molar-refractivity contribution in [1.82, 2.24) is 15.5 Å². The van der Waals surface area contributed by atoms with Crippen LogP contribution in [-0.4, -0.2) is 54.6 Å². The van der Waals surface area contributed by atoms with E-state index in [0.717, 1.165) is 0 Å². The second-order valence-corrected chi connectivity index (χ2v) is 4.96. The highest BCUT2D eigenvalue weighted by Crippen LogP contribution is 2.04. The van der Waals surface area contributed by atoms with Crippen LogP contribution >= 0.6 is 0 Å². The summed E-state index contributed by atoms with van der Waals surface area (Å²) < 4.78 is 0. The normalized spacial score (nSPS) is 11.8. The zero-order valence-corrected chi connectivity index (χ0v) is 11.9. The number of urea groups is 1. The maximum absolute atomic E-state index is 11.5. The van der Waals surface area contributed by atoms with Crippen molar-refractivity contribution in [3.05, 3.63) is 0 Å². The second-order valence-electron chi connectivity index (χ2n) is 4.96. The summed E-state index contributed by atoms with van der Waals surface area (Å²) in [6, 6.07) is -1.48. The van der Waals surface area contributed by atoms with E-state index in [1.54, 1.807) is 14.1 Å². The molecule has 1 atom stereocenters. The number of carbonyl (C=O) groups is 3. The number of hydrogen-bond acceptors (Lipinski definition) is 3. The van der Waals surface area contributed by atoms with Crippen molar-refractivity contribution in [3.63, 3.8) is 0 Å². The molecule has 0 spiro atoms. The molecular formula is C12H23N3O4. The molecular weight excluding hydrogens is 250 g/mol. The summed E-state index contributed by atoms with van der Waals surface area (Å²) >= 11 is 0. The molecule has 3 N–H and O–H groups in total. The Labute approximate surface area is 113 Å². The summed E-state index contributed by atoms with van der Waals surface area (Å²) in [6.07, 6.45) is 0.543. The molecule has 110 valence electrons. The molecule has 0 aliphatic carbocycles. The third kappa shape index (κ3) is 8.01.